The van der Waals surface area contributed by atoms with E-state index in [1.54, 1.807) is 36.4 Å². The fraction of sp³-hybridized carbons (Fsp3) is 0.174. The summed E-state index contributed by atoms with van der Waals surface area (Å²) in [6.45, 7) is 1.58. The summed E-state index contributed by atoms with van der Waals surface area (Å²) in [5.41, 5.74) is 2.29. The Kier molecular flexibility index (Phi) is 8.26. The van der Waals surface area contributed by atoms with Crippen LogP contribution in [0.5, 0.6) is 0 Å². The maximum atomic E-state index is 13.3. The van der Waals surface area contributed by atoms with Gasteiger partial charge in [0.15, 0.2) is 0 Å². The second-order valence-electron chi connectivity index (χ2n) is 7.68. The molecule has 1 amide bonds. The highest BCUT2D eigenvalue weighted by molar-refractivity contribution is 9.10. The first-order valence-corrected chi connectivity index (χ1v) is 13.9. The minimum Gasteiger partial charge on any atom is -0.351 e. The van der Waals surface area contributed by atoms with Crippen LogP contribution in [-0.2, 0) is 37.9 Å². The van der Waals surface area contributed by atoms with E-state index in [2.05, 4.69) is 21.2 Å². The van der Waals surface area contributed by atoms with Gasteiger partial charge >= 0.3 is 0 Å². The third-order valence-corrected chi connectivity index (χ3v) is 8.26. The monoisotopic (exact) mass is 565 g/mol. The summed E-state index contributed by atoms with van der Waals surface area (Å²) in [5, 5.41) is 7.77. The van der Waals surface area contributed by atoms with Gasteiger partial charge in [0, 0.05) is 17.6 Å². The molecule has 0 saturated carbocycles. The van der Waals surface area contributed by atoms with Crippen molar-refractivity contribution in [2.45, 2.75) is 29.8 Å². The predicted molar refractivity (Wildman–Crippen MR) is 133 cm³/mol. The predicted octanol–water partition coefficient (Wildman–Crippen LogP) is 2.91. The molecular weight excluding hydrogens is 542 g/mol. The Morgan fingerprint density at radius 2 is 1.38 bits per heavy atom. The molecule has 0 saturated heterocycles. The van der Waals surface area contributed by atoms with Gasteiger partial charge in [-0.25, -0.2) is 22.0 Å². The molecule has 0 spiro atoms. The SMILES string of the molecule is Cc1ccc(S(=O)(=O)N(CC(=O)NCc2ccc(S(N)(=O)=O)cc2)Cc2ccc(Br)cc2)cc1. The Bertz CT molecular complexity index is 1360. The van der Waals surface area contributed by atoms with Gasteiger partial charge in [0.1, 0.15) is 0 Å². The first-order valence-electron chi connectivity index (χ1n) is 10.1. The van der Waals surface area contributed by atoms with Crippen LogP contribution in [0, 0.1) is 6.92 Å². The largest absolute Gasteiger partial charge is 0.351 e. The van der Waals surface area contributed by atoms with E-state index in [9.17, 15) is 21.6 Å². The molecule has 0 aliphatic heterocycles. The quantitative estimate of drug-likeness (QED) is 0.412. The molecule has 3 aromatic rings. The highest BCUT2D eigenvalue weighted by atomic mass is 79.9. The van der Waals surface area contributed by atoms with Gasteiger partial charge in [-0.15, -0.1) is 0 Å². The number of hydrogen-bond acceptors (Lipinski definition) is 5. The van der Waals surface area contributed by atoms with E-state index in [4.69, 9.17) is 5.14 Å². The smallest absolute Gasteiger partial charge is 0.243 e. The first kappa shape index (κ1) is 26.0. The maximum Gasteiger partial charge on any atom is 0.243 e. The molecule has 0 fully saturated rings. The maximum absolute atomic E-state index is 13.3. The summed E-state index contributed by atoms with van der Waals surface area (Å²) in [4.78, 5) is 12.8. The number of carbonyl (C=O) groups excluding carboxylic acids is 1. The minimum absolute atomic E-state index is 0.0139. The number of sulfonamides is 2. The Labute approximate surface area is 208 Å². The molecular formula is C23H24BrN3O5S2. The first-order chi connectivity index (χ1) is 15.9. The molecule has 0 aliphatic carbocycles. The molecule has 0 radical (unpaired) electrons. The lowest BCUT2D eigenvalue weighted by Crippen LogP contribution is -2.40. The Hall–Kier alpha value is -2.57. The number of benzene rings is 3. The van der Waals surface area contributed by atoms with Crippen LogP contribution in [-0.4, -0.2) is 33.6 Å². The van der Waals surface area contributed by atoms with E-state index < -0.39 is 26.0 Å². The lowest BCUT2D eigenvalue weighted by atomic mass is 10.2. The van der Waals surface area contributed by atoms with Crippen molar-refractivity contribution in [3.05, 3.63) is 94.0 Å². The molecule has 180 valence electrons. The van der Waals surface area contributed by atoms with Crippen molar-refractivity contribution in [3.8, 4) is 0 Å². The third kappa shape index (κ3) is 6.97. The number of nitrogens with zero attached hydrogens (tertiary/aromatic N) is 1. The number of amides is 1. The van der Waals surface area contributed by atoms with Gasteiger partial charge in [0.25, 0.3) is 0 Å². The number of primary sulfonamides is 1. The molecule has 0 aliphatic rings. The summed E-state index contributed by atoms with van der Waals surface area (Å²) in [6.07, 6.45) is 0. The zero-order valence-corrected chi connectivity index (χ0v) is 21.5. The lowest BCUT2D eigenvalue weighted by molar-refractivity contribution is -0.121. The van der Waals surface area contributed by atoms with Crippen LogP contribution in [0.1, 0.15) is 16.7 Å². The molecule has 0 unspecified atom stereocenters. The topological polar surface area (TPSA) is 127 Å². The number of aryl methyl sites for hydroxylation is 1. The van der Waals surface area contributed by atoms with Crippen molar-refractivity contribution >= 4 is 41.9 Å². The number of rotatable bonds is 9. The van der Waals surface area contributed by atoms with Crippen molar-refractivity contribution in [3.63, 3.8) is 0 Å². The normalized spacial score (nSPS) is 12.0. The molecule has 0 bridgehead atoms. The van der Waals surface area contributed by atoms with Crippen LogP contribution in [0.3, 0.4) is 0 Å². The van der Waals surface area contributed by atoms with Crippen LogP contribution < -0.4 is 10.5 Å². The Balaban J connectivity index is 1.76. The van der Waals surface area contributed by atoms with E-state index in [0.29, 0.717) is 5.56 Å². The molecule has 0 atom stereocenters. The van der Waals surface area contributed by atoms with Crippen molar-refractivity contribution in [1.29, 1.82) is 0 Å². The fourth-order valence-corrected chi connectivity index (χ4v) is 5.26. The molecule has 11 heteroatoms. The van der Waals surface area contributed by atoms with Crippen LogP contribution in [0.15, 0.2) is 87.1 Å². The van der Waals surface area contributed by atoms with Crippen LogP contribution in [0.4, 0.5) is 0 Å². The van der Waals surface area contributed by atoms with Crippen molar-refractivity contribution in [1.82, 2.24) is 9.62 Å². The van der Waals surface area contributed by atoms with Gasteiger partial charge in [-0.05, 0) is 54.4 Å². The van der Waals surface area contributed by atoms with Crippen LogP contribution in [0.25, 0.3) is 0 Å². The molecule has 8 nitrogen and oxygen atoms in total. The van der Waals surface area contributed by atoms with E-state index in [0.717, 1.165) is 19.9 Å². The summed E-state index contributed by atoms with van der Waals surface area (Å²) in [7, 11) is -7.75. The van der Waals surface area contributed by atoms with Gasteiger partial charge < -0.3 is 5.32 Å². The number of carbonyl (C=O) groups is 1. The summed E-state index contributed by atoms with van der Waals surface area (Å²) in [6, 6.07) is 19.4. The van der Waals surface area contributed by atoms with E-state index in [-0.39, 0.29) is 29.4 Å². The second-order valence-corrected chi connectivity index (χ2v) is 12.1. The zero-order chi connectivity index (χ0) is 24.9. The fourth-order valence-electron chi connectivity index (χ4n) is 3.09. The lowest BCUT2D eigenvalue weighted by Gasteiger charge is -2.22. The van der Waals surface area contributed by atoms with Gasteiger partial charge in [-0.3, -0.25) is 4.79 Å². The molecule has 0 heterocycles. The molecule has 3 N–H and O–H groups in total. The van der Waals surface area contributed by atoms with Gasteiger partial charge in [0.05, 0.1) is 16.3 Å². The van der Waals surface area contributed by atoms with E-state index >= 15 is 0 Å². The summed E-state index contributed by atoms with van der Waals surface area (Å²) in [5.74, 6) is -0.497. The molecule has 3 aromatic carbocycles. The minimum atomic E-state index is -3.95. The standard InChI is InChI=1S/C23H24BrN3O5S2/c1-17-2-10-22(11-3-17)34(31,32)27(15-19-4-8-20(24)9-5-19)16-23(28)26-14-18-6-12-21(13-7-18)33(25,29)30/h2-13H,14-16H2,1H3,(H,26,28)(H2,25,29,30). The molecule has 34 heavy (non-hydrogen) atoms. The van der Waals surface area contributed by atoms with Crippen LogP contribution >= 0.6 is 15.9 Å². The molecule has 0 aromatic heterocycles. The van der Waals surface area contributed by atoms with Gasteiger partial charge in [0.2, 0.25) is 26.0 Å². The number of halogens is 1. The third-order valence-electron chi connectivity index (χ3n) is 4.99. The average molecular weight is 566 g/mol. The number of nitrogens with one attached hydrogen (secondary N) is 1. The average Bonchev–Trinajstić information content (AvgIpc) is 2.78. The summed E-state index contributed by atoms with van der Waals surface area (Å²) >= 11 is 3.36. The van der Waals surface area contributed by atoms with Gasteiger partial charge in [-0.2, -0.15) is 4.31 Å². The molecule has 3 rings (SSSR count). The van der Waals surface area contributed by atoms with Crippen molar-refractivity contribution in [2.75, 3.05) is 6.54 Å². The second kappa shape index (κ2) is 10.8. The van der Waals surface area contributed by atoms with Crippen molar-refractivity contribution in [2.24, 2.45) is 5.14 Å². The van der Waals surface area contributed by atoms with Crippen LogP contribution in [0.2, 0.25) is 0 Å². The Morgan fingerprint density at radius 1 is 0.853 bits per heavy atom. The Morgan fingerprint density at radius 3 is 1.94 bits per heavy atom. The number of nitrogens with two attached hydrogens (primary N) is 1. The summed E-state index contributed by atoms with van der Waals surface area (Å²) < 4.78 is 51.4. The van der Waals surface area contributed by atoms with Crippen molar-refractivity contribution < 1.29 is 21.6 Å². The van der Waals surface area contributed by atoms with E-state index in [1.807, 2.05) is 6.92 Å². The van der Waals surface area contributed by atoms with Gasteiger partial charge in [-0.1, -0.05) is 57.9 Å². The highest BCUT2D eigenvalue weighted by Crippen LogP contribution is 2.20. The highest BCUT2D eigenvalue weighted by Gasteiger charge is 2.27. The number of hydrogen-bond donors (Lipinski definition) is 2. The van der Waals surface area contributed by atoms with E-state index in [1.165, 1.54) is 36.4 Å². The zero-order valence-electron chi connectivity index (χ0n) is 18.3.